The Hall–Kier alpha value is -0.830. The van der Waals surface area contributed by atoms with E-state index in [1.165, 1.54) is 6.42 Å². The number of nitrogens with one attached hydrogen (secondary N) is 2. The summed E-state index contributed by atoms with van der Waals surface area (Å²) in [7, 11) is 1.80. The number of pyridine rings is 1. The maximum absolute atomic E-state index is 4.60. The number of halogens is 2. The van der Waals surface area contributed by atoms with E-state index in [1.54, 1.807) is 7.05 Å². The van der Waals surface area contributed by atoms with Crippen molar-refractivity contribution < 1.29 is 0 Å². The van der Waals surface area contributed by atoms with Crippen molar-refractivity contribution in [1.82, 2.24) is 20.0 Å². The van der Waals surface area contributed by atoms with Gasteiger partial charge < -0.3 is 15.0 Å². The molecule has 24 heavy (non-hydrogen) atoms. The van der Waals surface area contributed by atoms with E-state index in [1.807, 2.05) is 28.9 Å². The lowest BCUT2D eigenvalue weighted by Gasteiger charge is -2.18. The van der Waals surface area contributed by atoms with Crippen LogP contribution >= 0.6 is 39.9 Å². The van der Waals surface area contributed by atoms with Gasteiger partial charge in [-0.2, -0.15) is 0 Å². The molecule has 0 spiro atoms. The minimum absolute atomic E-state index is 0. The monoisotopic (exact) mass is 507 g/mol. The molecule has 1 atom stereocenters. The molecule has 0 aliphatic heterocycles. The fourth-order valence-corrected chi connectivity index (χ4v) is 2.71. The molecule has 0 saturated carbocycles. The number of rotatable bonds is 6. The van der Waals surface area contributed by atoms with E-state index in [9.17, 15) is 0 Å². The van der Waals surface area contributed by atoms with Crippen LogP contribution in [-0.4, -0.2) is 28.4 Å². The fourth-order valence-electron chi connectivity index (χ4n) is 2.36. The van der Waals surface area contributed by atoms with E-state index >= 15 is 0 Å². The molecule has 2 N–H and O–H groups in total. The average molecular weight is 508 g/mol. The predicted octanol–water partition coefficient (Wildman–Crippen LogP) is 4.20. The van der Waals surface area contributed by atoms with Gasteiger partial charge in [0.1, 0.15) is 5.65 Å². The summed E-state index contributed by atoms with van der Waals surface area (Å²) in [5.41, 5.74) is 1.93. The molecule has 134 valence electrons. The Morgan fingerprint density at radius 1 is 1.25 bits per heavy atom. The van der Waals surface area contributed by atoms with Crippen molar-refractivity contribution in [3.63, 3.8) is 0 Å². The quantitative estimate of drug-likeness (QED) is 0.350. The third kappa shape index (κ3) is 6.58. The first-order valence-corrected chi connectivity index (χ1v) is 8.87. The highest BCUT2D eigenvalue weighted by Gasteiger charge is 2.07. The number of hydrogen-bond donors (Lipinski definition) is 2. The van der Waals surface area contributed by atoms with Gasteiger partial charge in [0.05, 0.1) is 12.2 Å². The molecule has 1 unspecified atom stereocenters. The molecule has 0 aliphatic carbocycles. The van der Waals surface area contributed by atoms with Crippen LogP contribution < -0.4 is 10.6 Å². The second kappa shape index (κ2) is 10.2. The summed E-state index contributed by atoms with van der Waals surface area (Å²) >= 11 is 3.47. The van der Waals surface area contributed by atoms with Crippen LogP contribution in [-0.2, 0) is 6.54 Å². The summed E-state index contributed by atoms with van der Waals surface area (Å²) in [4.78, 5) is 8.89. The van der Waals surface area contributed by atoms with Crippen molar-refractivity contribution in [2.45, 2.75) is 46.2 Å². The maximum atomic E-state index is 4.60. The number of hydrogen-bond acceptors (Lipinski definition) is 2. The van der Waals surface area contributed by atoms with E-state index in [-0.39, 0.29) is 24.0 Å². The Labute approximate surface area is 169 Å². The van der Waals surface area contributed by atoms with Gasteiger partial charge in [-0.15, -0.1) is 24.0 Å². The zero-order valence-electron chi connectivity index (χ0n) is 14.7. The summed E-state index contributed by atoms with van der Waals surface area (Å²) in [6.45, 7) is 7.34. The Kier molecular flexibility index (Phi) is 9.04. The van der Waals surface area contributed by atoms with Crippen molar-refractivity contribution in [2.24, 2.45) is 10.9 Å². The van der Waals surface area contributed by atoms with Gasteiger partial charge in [0.15, 0.2) is 5.96 Å². The summed E-state index contributed by atoms with van der Waals surface area (Å²) in [6.07, 6.45) is 6.39. The third-order valence-corrected chi connectivity index (χ3v) is 4.15. The second-order valence-electron chi connectivity index (χ2n) is 6.29. The largest absolute Gasteiger partial charge is 0.354 e. The van der Waals surface area contributed by atoms with Crippen molar-refractivity contribution >= 4 is 51.5 Å². The molecule has 0 amide bonds. The van der Waals surface area contributed by atoms with Gasteiger partial charge in [0, 0.05) is 30.0 Å². The van der Waals surface area contributed by atoms with Crippen molar-refractivity contribution in [3.8, 4) is 0 Å². The van der Waals surface area contributed by atoms with E-state index in [2.05, 4.69) is 57.3 Å². The summed E-state index contributed by atoms with van der Waals surface area (Å²) in [6, 6.07) is 4.39. The lowest BCUT2D eigenvalue weighted by Crippen LogP contribution is -2.42. The zero-order chi connectivity index (χ0) is 16.8. The molecule has 2 rings (SSSR count). The van der Waals surface area contributed by atoms with Gasteiger partial charge in [0.25, 0.3) is 0 Å². The second-order valence-corrected chi connectivity index (χ2v) is 7.20. The summed E-state index contributed by atoms with van der Waals surface area (Å²) < 4.78 is 3.06. The number of nitrogens with zero attached hydrogens (tertiary/aromatic N) is 3. The van der Waals surface area contributed by atoms with Gasteiger partial charge in [0.2, 0.25) is 0 Å². The summed E-state index contributed by atoms with van der Waals surface area (Å²) in [5.74, 6) is 1.55. The van der Waals surface area contributed by atoms with Crippen LogP contribution in [0.15, 0.2) is 34.0 Å². The first-order chi connectivity index (χ1) is 11.0. The molecule has 7 heteroatoms. The molecule has 0 radical (unpaired) electrons. The summed E-state index contributed by atoms with van der Waals surface area (Å²) in [5, 5.41) is 6.76. The fraction of sp³-hybridized carbons (Fsp3) is 0.529. The predicted molar refractivity (Wildman–Crippen MR) is 115 cm³/mol. The molecule has 0 aliphatic rings. The van der Waals surface area contributed by atoms with Crippen LogP contribution in [0.3, 0.4) is 0 Å². The Morgan fingerprint density at radius 3 is 2.67 bits per heavy atom. The van der Waals surface area contributed by atoms with Crippen LogP contribution in [0.25, 0.3) is 5.65 Å². The molecule has 0 bridgehead atoms. The first kappa shape index (κ1) is 21.2. The highest BCUT2D eigenvalue weighted by atomic mass is 127. The average Bonchev–Trinajstić information content (AvgIpc) is 2.91. The highest BCUT2D eigenvalue weighted by Crippen LogP contribution is 2.12. The van der Waals surface area contributed by atoms with E-state index in [0.29, 0.717) is 12.6 Å². The van der Waals surface area contributed by atoms with Crippen LogP contribution in [0.5, 0.6) is 0 Å². The highest BCUT2D eigenvalue weighted by molar-refractivity contribution is 14.0. The molecule has 2 heterocycles. The third-order valence-electron chi connectivity index (χ3n) is 3.69. The van der Waals surface area contributed by atoms with Crippen molar-refractivity contribution in [3.05, 3.63) is 34.7 Å². The topological polar surface area (TPSA) is 53.7 Å². The minimum atomic E-state index is 0. The number of aromatic nitrogens is 2. The number of aliphatic imine (C=N–C) groups is 1. The van der Waals surface area contributed by atoms with E-state index in [4.69, 9.17) is 0 Å². The Bertz CT molecular complexity index is 668. The molecule has 0 aromatic carbocycles. The molecule has 0 fully saturated rings. The zero-order valence-corrected chi connectivity index (χ0v) is 18.6. The lowest BCUT2D eigenvalue weighted by molar-refractivity contribution is 0.489. The number of imidazole rings is 1. The smallest absolute Gasteiger partial charge is 0.191 e. The van der Waals surface area contributed by atoms with Crippen molar-refractivity contribution in [1.29, 1.82) is 0 Å². The van der Waals surface area contributed by atoms with Gasteiger partial charge >= 0.3 is 0 Å². The normalized spacial score (nSPS) is 13.0. The van der Waals surface area contributed by atoms with Gasteiger partial charge in [-0.3, -0.25) is 4.99 Å². The standard InChI is InChI=1S/C17H26BrN5.HI/c1-12(2)5-6-13(3)21-17(19-4)20-9-15-11-23-10-14(18)7-8-16(23)22-15;/h7-8,10-13H,5-6,9H2,1-4H3,(H2,19,20,21);1H. The van der Waals surface area contributed by atoms with Crippen LogP contribution in [0, 0.1) is 5.92 Å². The first-order valence-electron chi connectivity index (χ1n) is 8.08. The molecular weight excluding hydrogens is 481 g/mol. The lowest BCUT2D eigenvalue weighted by atomic mass is 10.0. The molecule has 0 saturated heterocycles. The Balaban J connectivity index is 0.00000288. The molecular formula is C17H27BrIN5. The molecule has 2 aromatic rings. The van der Waals surface area contributed by atoms with Gasteiger partial charge in [-0.1, -0.05) is 13.8 Å². The van der Waals surface area contributed by atoms with E-state index < -0.39 is 0 Å². The maximum Gasteiger partial charge on any atom is 0.191 e. The minimum Gasteiger partial charge on any atom is -0.354 e. The van der Waals surface area contributed by atoms with Crippen LogP contribution in [0.4, 0.5) is 0 Å². The number of fused-ring (bicyclic) bond motifs is 1. The molecule has 2 aromatic heterocycles. The number of guanidine groups is 1. The van der Waals surface area contributed by atoms with E-state index in [0.717, 1.165) is 34.1 Å². The van der Waals surface area contributed by atoms with Gasteiger partial charge in [-0.05, 0) is 53.7 Å². The van der Waals surface area contributed by atoms with Crippen LogP contribution in [0.2, 0.25) is 0 Å². The molecule has 5 nitrogen and oxygen atoms in total. The Morgan fingerprint density at radius 2 is 2.00 bits per heavy atom. The van der Waals surface area contributed by atoms with Crippen molar-refractivity contribution in [2.75, 3.05) is 7.05 Å². The van der Waals surface area contributed by atoms with Gasteiger partial charge in [-0.25, -0.2) is 4.98 Å². The van der Waals surface area contributed by atoms with Crippen LogP contribution in [0.1, 0.15) is 39.3 Å². The SMILES string of the molecule is CN=C(NCc1cn2cc(Br)ccc2n1)NC(C)CCC(C)C.I.